The molecule has 26 heavy (non-hydrogen) atoms. The first-order valence-corrected chi connectivity index (χ1v) is 8.79. The standard InChI is InChI=1S/C16H12F3NO5S/c17-16(18,19)11-3-1-2-10(8-11)15(21)20-26(22,23)12-4-5-13-14(9-12)25-7-6-24-13/h1-5,8-9H,6-7H2,(H,20,21). The summed E-state index contributed by atoms with van der Waals surface area (Å²) >= 11 is 0. The van der Waals surface area contributed by atoms with Crippen molar-refractivity contribution in [2.75, 3.05) is 13.2 Å². The van der Waals surface area contributed by atoms with Crippen molar-refractivity contribution in [2.45, 2.75) is 11.1 Å². The number of ether oxygens (including phenoxy) is 2. The zero-order valence-electron chi connectivity index (χ0n) is 13.0. The van der Waals surface area contributed by atoms with Crippen LogP contribution in [0.4, 0.5) is 13.2 Å². The molecule has 1 aliphatic rings. The third-order valence-corrected chi connectivity index (χ3v) is 4.83. The van der Waals surface area contributed by atoms with Crippen LogP contribution >= 0.6 is 0 Å². The third kappa shape index (κ3) is 3.74. The fourth-order valence-corrected chi connectivity index (χ4v) is 3.26. The minimum atomic E-state index is -4.65. The highest BCUT2D eigenvalue weighted by atomic mass is 32.2. The number of fused-ring (bicyclic) bond motifs is 1. The van der Waals surface area contributed by atoms with E-state index in [-0.39, 0.29) is 17.3 Å². The van der Waals surface area contributed by atoms with Crippen molar-refractivity contribution >= 4 is 15.9 Å². The number of sulfonamides is 1. The molecule has 0 spiro atoms. The molecule has 2 aromatic rings. The minimum Gasteiger partial charge on any atom is -0.486 e. The molecule has 0 aliphatic carbocycles. The van der Waals surface area contributed by atoms with Gasteiger partial charge in [-0.25, -0.2) is 13.1 Å². The minimum absolute atomic E-state index is 0.200. The predicted molar refractivity (Wildman–Crippen MR) is 83.5 cm³/mol. The second-order valence-corrected chi connectivity index (χ2v) is 7.00. The van der Waals surface area contributed by atoms with Gasteiger partial charge in [0.2, 0.25) is 0 Å². The van der Waals surface area contributed by atoms with Crippen molar-refractivity contribution in [1.82, 2.24) is 4.72 Å². The summed E-state index contributed by atoms with van der Waals surface area (Å²) in [6, 6.07) is 7.22. The molecule has 1 aliphatic heterocycles. The first-order valence-electron chi connectivity index (χ1n) is 7.31. The first kappa shape index (κ1) is 18.1. The van der Waals surface area contributed by atoms with Gasteiger partial charge in [-0.15, -0.1) is 0 Å². The number of alkyl halides is 3. The van der Waals surface area contributed by atoms with Gasteiger partial charge in [0.1, 0.15) is 13.2 Å². The molecule has 0 saturated carbocycles. The monoisotopic (exact) mass is 387 g/mol. The number of hydrogen-bond acceptors (Lipinski definition) is 5. The van der Waals surface area contributed by atoms with E-state index in [4.69, 9.17) is 9.47 Å². The van der Waals surface area contributed by atoms with E-state index < -0.39 is 33.2 Å². The molecule has 0 fully saturated rings. The Balaban J connectivity index is 1.84. The van der Waals surface area contributed by atoms with Gasteiger partial charge in [0.05, 0.1) is 10.5 Å². The van der Waals surface area contributed by atoms with Gasteiger partial charge in [-0.1, -0.05) is 6.07 Å². The average molecular weight is 387 g/mol. The van der Waals surface area contributed by atoms with Gasteiger partial charge in [-0.3, -0.25) is 4.79 Å². The van der Waals surface area contributed by atoms with Crippen LogP contribution in [-0.2, 0) is 16.2 Å². The molecule has 0 radical (unpaired) electrons. The Morgan fingerprint density at radius 1 is 1.00 bits per heavy atom. The molecule has 3 rings (SSSR count). The quantitative estimate of drug-likeness (QED) is 0.876. The lowest BCUT2D eigenvalue weighted by atomic mass is 10.1. The van der Waals surface area contributed by atoms with Crippen LogP contribution in [0.3, 0.4) is 0 Å². The summed E-state index contributed by atoms with van der Waals surface area (Å²) in [5.74, 6) is -0.615. The summed E-state index contributed by atoms with van der Waals surface area (Å²) in [6.45, 7) is 0.568. The number of nitrogens with one attached hydrogen (secondary N) is 1. The molecule has 0 bridgehead atoms. The average Bonchev–Trinajstić information content (AvgIpc) is 2.60. The van der Waals surface area contributed by atoms with Gasteiger partial charge in [-0.05, 0) is 30.3 Å². The van der Waals surface area contributed by atoms with E-state index in [0.29, 0.717) is 18.4 Å². The van der Waals surface area contributed by atoms with E-state index in [2.05, 4.69) is 0 Å². The molecule has 0 unspecified atom stereocenters. The van der Waals surface area contributed by atoms with E-state index in [0.717, 1.165) is 18.2 Å². The Kier molecular flexibility index (Phi) is 4.53. The van der Waals surface area contributed by atoms with Crippen LogP contribution in [0.2, 0.25) is 0 Å². The zero-order chi connectivity index (χ0) is 18.9. The van der Waals surface area contributed by atoms with Crippen molar-refractivity contribution in [3.8, 4) is 11.5 Å². The highest BCUT2D eigenvalue weighted by Crippen LogP contribution is 2.32. The molecule has 0 aromatic heterocycles. The SMILES string of the molecule is O=C(NS(=O)(=O)c1ccc2c(c1)OCCO2)c1cccc(C(F)(F)F)c1. The predicted octanol–water partition coefficient (Wildman–Crippen LogP) is 2.60. The van der Waals surface area contributed by atoms with Crippen LogP contribution in [-0.4, -0.2) is 27.5 Å². The summed E-state index contributed by atoms with van der Waals surface area (Å²) in [6.07, 6.45) is -4.65. The van der Waals surface area contributed by atoms with Gasteiger partial charge < -0.3 is 9.47 Å². The molecule has 2 aromatic carbocycles. The van der Waals surface area contributed by atoms with Crippen molar-refractivity contribution < 1.29 is 35.9 Å². The Morgan fingerprint density at radius 2 is 1.69 bits per heavy atom. The molecule has 6 nitrogen and oxygen atoms in total. The zero-order valence-corrected chi connectivity index (χ0v) is 13.9. The van der Waals surface area contributed by atoms with Gasteiger partial charge in [-0.2, -0.15) is 13.2 Å². The Labute approximate surface area is 146 Å². The molecule has 1 N–H and O–H groups in total. The van der Waals surface area contributed by atoms with Gasteiger partial charge >= 0.3 is 6.18 Å². The normalized spacial score (nSPS) is 14.0. The number of carbonyl (C=O) groups excluding carboxylic acids is 1. The number of carbonyl (C=O) groups is 1. The third-order valence-electron chi connectivity index (χ3n) is 3.50. The van der Waals surface area contributed by atoms with E-state index in [1.807, 2.05) is 0 Å². The van der Waals surface area contributed by atoms with E-state index in [9.17, 15) is 26.4 Å². The van der Waals surface area contributed by atoms with E-state index in [1.54, 1.807) is 4.72 Å². The van der Waals surface area contributed by atoms with Crippen molar-refractivity contribution in [3.63, 3.8) is 0 Å². The van der Waals surface area contributed by atoms with Crippen molar-refractivity contribution in [2.24, 2.45) is 0 Å². The fraction of sp³-hybridized carbons (Fsp3) is 0.188. The van der Waals surface area contributed by atoms with Crippen LogP contribution in [0.5, 0.6) is 11.5 Å². The van der Waals surface area contributed by atoms with Gasteiger partial charge in [0.25, 0.3) is 15.9 Å². The Morgan fingerprint density at radius 3 is 2.38 bits per heavy atom. The lowest BCUT2D eigenvalue weighted by molar-refractivity contribution is -0.137. The number of rotatable bonds is 3. The number of benzene rings is 2. The van der Waals surface area contributed by atoms with Crippen molar-refractivity contribution in [3.05, 3.63) is 53.6 Å². The molecule has 0 atom stereocenters. The maximum absolute atomic E-state index is 12.7. The lowest BCUT2D eigenvalue weighted by Gasteiger charge is -2.19. The summed E-state index contributed by atoms with van der Waals surface area (Å²) < 4.78 is 75.1. The largest absolute Gasteiger partial charge is 0.486 e. The van der Waals surface area contributed by atoms with Crippen LogP contribution in [0.1, 0.15) is 15.9 Å². The summed E-state index contributed by atoms with van der Waals surface area (Å²) in [5, 5.41) is 0. The maximum Gasteiger partial charge on any atom is 0.416 e. The van der Waals surface area contributed by atoms with Crippen LogP contribution in [0, 0.1) is 0 Å². The topological polar surface area (TPSA) is 81.7 Å². The molecule has 138 valence electrons. The highest BCUT2D eigenvalue weighted by Gasteiger charge is 2.31. The number of hydrogen-bond donors (Lipinski definition) is 1. The second kappa shape index (κ2) is 6.52. The Hall–Kier alpha value is -2.75. The van der Waals surface area contributed by atoms with E-state index >= 15 is 0 Å². The van der Waals surface area contributed by atoms with Gasteiger partial charge in [0, 0.05) is 11.6 Å². The molecular weight excluding hydrogens is 375 g/mol. The maximum atomic E-state index is 12.7. The summed E-state index contributed by atoms with van der Waals surface area (Å²) in [5.41, 5.74) is -1.48. The second-order valence-electron chi connectivity index (χ2n) is 5.32. The highest BCUT2D eigenvalue weighted by molar-refractivity contribution is 7.90. The smallest absolute Gasteiger partial charge is 0.416 e. The Bertz CT molecular complexity index is 957. The molecule has 10 heteroatoms. The lowest BCUT2D eigenvalue weighted by Crippen LogP contribution is -2.31. The molecular formula is C16H12F3NO5S. The van der Waals surface area contributed by atoms with E-state index in [1.165, 1.54) is 18.2 Å². The van der Waals surface area contributed by atoms with Crippen molar-refractivity contribution in [1.29, 1.82) is 0 Å². The number of halogens is 3. The fourth-order valence-electron chi connectivity index (χ4n) is 2.27. The molecule has 1 amide bonds. The van der Waals surface area contributed by atoms with Crippen LogP contribution in [0.25, 0.3) is 0 Å². The molecule has 1 heterocycles. The first-order chi connectivity index (χ1) is 12.2. The van der Waals surface area contributed by atoms with Crippen LogP contribution in [0.15, 0.2) is 47.4 Å². The molecule has 0 saturated heterocycles. The number of amides is 1. The van der Waals surface area contributed by atoms with Crippen LogP contribution < -0.4 is 14.2 Å². The summed E-state index contributed by atoms with van der Waals surface area (Å²) in [7, 11) is -4.31. The summed E-state index contributed by atoms with van der Waals surface area (Å²) in [4.78, 5) is 11.8. The van der Waals surface area contributed by atoms with Gasteiger partial charge in [0.15, 0.2) is 11.5 Å².